The van der Waals surface area contributed by atoms with E-state index >= 15 is 0 Å². The first-order valence-corrected chi connectivity index (χ1v) is 6.34. The van der Waals surface area contributed by atoms with Gasteiger partial charge in [-0.1, -0.05) is 30.3 Å². The predicted octanol–water partition coefficient (Wildman–Crippen LogP) is 0.968. The quantitative estimate of drug-likeness (QED) is 0.864. The first kappa shape index (κ1) is 12.6. The fraction of sp³-hybridized carbons (Fsp3) is 0.429. The Morgan fingerprint density at radius 1 is 1.22 bits per heavy atom. The minimum atomic E-state index is 0.0355. The Morgan fingerprint density at radius 3 is 2.78 bits per heavy atom. The molecule has 0 bridgehead atoms. The zero-order chi connectivity index (χ0) is 12.8. The highest BCUT2D eigenvalue weighted by atomic mass is 16.2. The summed E-state index contributed by atoms with van der Waals surface area (Å²) in [4.78, 5) is 25.0. The Labute approximate surface area is 107 Å². The number of carbonyl (C=O) groups is 2. The highest BCUT2D eigenvalue weighted by molar-refractivity contribution is 5.80. The minimum absolute atomic E-state index is 0.0355. The summed E-state index contributed by atoms with van der Waals surface area (Å²) in [6.45, 7) is 1.73. The number of amides is 2. The van der Waals surface area contributed by atoms with Crippen molar-refractivity contribution in [3.05, 3.63) is 35.9 Å². The molecule has 1 fully saturated rings. The standard InChI is InChI=1S/C14H18N2O2/c17-13-8-10-16(11-9-15-13)14(18)7-6-12-4-2-1-3-5-12/h1-5H,6-11H2,(H,15,17). The molecule has 0 aromatic heterocycles. The molecule has 0 spiro atoms. The zero-order valence-corrected chi connectivity index (χ0v) is 10.4. The summed E-state index contributed by atoms with van der Waals surface area (Å²) in [7, 11) is 0. The van der Waals surface area contributed by atoms with E-state index in [9.17, 15) is 9.59 Å². The minimum Gasteiger partial charge on any atom is -0.354 e. The van der Waals surface area contributed by atoms with E-state index in [-0.39, 0.29) is 11.8 Å². The van der Waals surface area contributed by atoms with Crippen LogP contribution in [0.4, 0.5) is 0 Å². The molecule has 1 aliphatic heterocycles. The van der Waals surface area contributed by atoms with Crippen molar-refractivity contribution < 1.29 is 9.59 Å². The smallest absolute Gasteiger partial charge is 0.222 e. The lowest BCUT2D eigenvalue weighted by Gasteiger charge is -2.19. The van der Waals surface area contributed by atoms with Gasteiger partial charge in [0, 0.05) is 32.5 Å². The molecule has 1 heterocycles. The van der Waals surface area contributed by atoms with E-state index in [4.69, 9.17) is 0 Å². The molecule has 0 atom stereocenters. The average Bonchev–Trinajstić information content (AvgIpc) is 2.62. The summed E-state index contributed by atoms with van der Waals surface area (Å²) in [6.07, 6.45) is 1.69. The SMILES string of the molecule is O=C1CCN(C(=O)CCc2ccccc2)CCN1. The van der Waals surface area contributed by atoms with Gasteiger partial charge in [-0.2, -0.15) is 0 Å². The highest BCUT2D eigenvalue weighted by Crippen LogP contribution is 2.06. The van der Waals surface area contributed by atoms with E-state index in [1.807, 2.05) is 30.3 Å². The van der Waals surface area contributed by atoms with E-state index in [1.54, 1.807) is 4.90 Å². The monoisotopic (exact) mass is 246 g/mol. The summed E-state index contributed by atoms with van der Waals surface area (Å²) in [5, 5.41) is 2.77. The Balaban J connectivity index is 1.82. The summed E-state index contributed by atoms with van der Waals surface area (Å²) in [6, 6.07) is 9.99. The molecule has 1 aromatic rings. The van der Waals surface area contributed by atoms with Gasteiger partial charge in [0.2, 0.25) is 11.8 Å². The van der Waals surface area contributed by atoms with Crippen LogP contribution in [0.25, 0.3) is 0 Å². The third kappa shape index (κ3) is 3.58. The van der Waals surface area contributed by atoms with Gasteiger partial charge in [0.25, 0.3) is 0 Å². The molecule has 4 heteroatoms. The van der Waals surface area contributed by atoms with Crippen LogP contribution < -0.4 is 5.32 Å². The Hall–Kier alpha value is -1.84. The zero-order valence-electron chi connectivity index (χ0n) is 10.4. The number of carbonyl (C=O) groups excluding carboxylic acids is 2. The third-order valence-electron chi connectivity index (χ3n) is 3.14. The molecular weight excluding hydrogens is 228 g/mol. The maximum Gasteiger partial charge on any atom is 0.222 e. The summed E-state index contributed by atoms with van der Waals surface area (Å²) >= 11 is 0. The van der Waals surface area contributed by atoms with E-state index in [1.165, 1.54) is 5.56 Å². The van der Waals surface area contributed by atoms with Crippen molar-refractivity contribution in [3.8, 4) is 0 Å². The maximum absolute atomic E-state index is 12.0. The number of nitrogens with zero attached hydrogens (tertiary/aromatic N) is 1. The van der Waals surface area contributed by atoms with E-state index in [2.05, 4.69) is 5.32 Å². The topological polar surface area (TPSA) is 49.4 Å². The van der Waals surface area contributed by atoms with E-state index in [0.29, 0.717) is 32.5 Å². The number of hydrogen-bond donors (Lipinski definition) is 1. The molecule has 0 aliphatic carbocycles. The Bertz CT molecular complexity index is 417. The molecule has 0 radical (unpaired) electrons. The van der Waals surface area contributed by atoms with E-state index < -0.39 is 0 Å². The van der Waals surface area contributed by atoms with Crippen LogP contribution in [0.1, 0.15) is 18.4 Å². The normalized spacial score (nSPS) is 16.0. The average molecular weight is 246 g/mol. The second-order valence-corrected chi connectivity index (χ2v) is 4.47. The molecule has 0 unspecified atom stereocenters. The van der Waals surface area contributed by atoms with Crippen LogP contribution in [-0.2, 0) is 16.0 Å². The van der Waals surface area contributed by atoms with Crippen LogP contribution in [0.15, 0.2) is 30.3 Å². The van der Waals surface area contributed by atoms with Crippen molar-refractivity contribution in [2.75, 3.05) is 19.6 Å². The molecule has 1 saturated heterocycles. The van der Waals surface area contributed by atoms with Crippen LogP contribution in [0, 0.1) is 0 Å². The van der Waals surface area contributed by atoms with Crippen molar-refractivity contribution in [3.63, 3.8) is 0 Å². The molecule has 2 rings (SSSR count). The van der Waals surface area contributed by atoms with Crippen molar-refractivity contribution in [2.45, 2.75) is 19.3 Å². The van der Waals surface area contributed by atoms with Crippen LogP contribution >= 0.6 is 0 Å². The van der Waals surface area contributed by atoms with Gasteiger partial charge in [0.05, 0.1) is 0 Å². The molecule has 0 saturated carbocycles. The maximum atomic E-state index is 12.0. The summed E-state index contributed by atoms with van der Waals surface area (Å²) < 4.78 is 0. The van der Waals surface area contributed by atoms with Gasteiger partial charge in [-0.05, 0) is 12.0 Å². The van der Waals surface area contributed by atoms with Gasteiger partial charge in [0.15, 0.2) is 0 Å². The fourth-order valence-corrected chi connectivity index (χ4v) is 2.07. The molecule has 18 heavy (non-hydrogen) atoms. The molecule has 2 amide bonds. The summed E-state index contributed by atoms with van der Waals surface area (Å²) in [5.74, 6) is 0.170. The van der Waals surface area contributed by atoms with Crippen LogP contribution in [0.5, 0.6) is 0 Å². The first-order valence-electron chi connectivity index (χ1n) is 6.34. The third-order valence-corrected chi connectivity index (χ3v) is 3.14. The molecule has 96 valence electrons. The largest absolute Gasteiger partial charge is 0.354 e. The number of aryl methyl sites for hydroxylation is 1. The molecule has 1 aliphatic rings. The van der Waals surface area contributed by atoms with E-state index in [0.717, 1.165) is 6.42 Å². The van der Waals surface area contributed by atoms with Crippen LogP contribution in [-0.4, -0.2) is 36.3 Å². The fourth-order valence-electron chi connectivity index (χ4n) is 2.07. The first-order chi connectivity index (χ1) is 8.75. The van der Waals surface area contributed by atoms with Gasteiger partial charge >= 0.3 is 0 Å². The lowest BCUT2D eigenvalue weighted by atomic mass is 10.1. The molecule has 1 aromatic carbocycles. The Kier molecular flexibility index (Phi) is 4.34. The molecular formula is C14H18N2O2. The van der Waals surface area contributed by atoms with Crippen LogP contribution in [0.3, 0.4) is 0 Å². The van der Waals surface area contributed by atoms with Gasteiger partial charge in [-0.25, -0.2) is 0 Å². The van der Waals surface area contributed by atoms with Crippen molar-refractivity contribution >= 4 is 11.8 Å². The van der Waals surface area contributed by atoms with Gasteiger partial charge in [0.1, 0.15) is 0 Å². The van der Waals surface area contributed by atoms with Gasteiger partial charge in [-0.15, -0.1) is 0 Å². The number of hydrogen-bond acceptors (Lipinski definition) is 2. The molecule has 4 nitrogen and oxygen atoms in total. The van der Waals surface area contributed by atoms with Crippen molar-refractivity contribution in [2.24, 2.45) is 0 Å². The highest BCUT2D eigenvalue weighted by Gasteiger charge is 2.17. The van der Waals surface area contributed by atoms with Crippen LogP contribution in [0.2, 0.25) is 0 Å². The van der Waals surface area contributed by atoms with Gasteiger partial charge < -0.3 is 10.2 Å². The van der Waals surface area contributed by atoms with Gasteiger partial charge in [-0.3, -0.25) is 9.59 Å². The lowest BCUT2D eigenvalue weighted by molar-refractivity contribution is -0.131. The number of nitrogens with one attached hydrogen (secondary N) is 1. The predicted molar refractivity (Wildman–Crippen MR) is 69.0 cm³/mol. The van der Waals surface area contributed by atoms with Crippen molar-refractivity contribution in [1.29, 1.82) is 0 Å². The lowest BCUT2D eigenvalue weighted by Crippen LogP contribution is -2.34. The van der Waals surface area contributed by atoms with Crippen molar-refractivity contribution in [1.82, 2.24) is 10.2 Å². The second kappa shape index (κ2) is 6.19. The second-order valence-electron chi connectivity index (χ2n) is 4.47. The number of rotatable bonds is 3. The number of benzene rings is 1. The summed E-state index contributed by atoms with van der Waals surface area (Å²) in [5.41, 5.74) is 1.18. The Morgan fingerprint density at radius 2 is 2.00 bits per heavy atom. The molecule has 1 N–H and O–H groups in total.